The van der Waals surface area contributed by atoms with Gasteiger partial charge >= 0.3 is 0 Å². The molecule has 0 aromatic heterocycles. The highest BCUT2D eigenvalue weighted by molar-refractivity contribution is 5.85. The largest absolute Gasteiger partial charge is 0.491 e. The molecule has 0 spiro atoms. The van der Waals surface area contributed by atoms with E-state index in [1.54, 1.807) is 0 Å². The highest BCUT2D eigenvalue weighted by atomic mass is 35.5. The summed E-state index contributed by atoms with van der Waals surface area (Å²) in [4.78, 5) is 12.2. The van der Waals surface area contributed by atoms with Crippen molar-refractivity contribution in [3.63, 3.8) is 0 Å². The third kappa shape index (κ3) is 4.71. The van der Waals surface area contributed by atoms with Gasteiger partial charge < -0.3 is 15.4 Å². The first-order valence-corrected chi connectivity index (χ1v) is 7.57. The van der Waals surface area contributed by atoms with Crippen LogP contribution in [0.1, 0.15) is 11.6 Å². The van der Waals surface area contributed by atoms with Gasteiger partial charge in [0.05, 0.1) is 12.0 Å². The first kappa shape index (κ1) is 17.3. The Bertz CT molecular complexity index is 603. The molecule has 0 bridgehead atoms. The Morgan fingerprint density at radius 2 is 1.70 bits per heavy atom. The van der Waals surface area contributed by atoms with E-state index in [0.29, 0.717) is 6.61 Å². The maximum Gasteiger partial charge on any atom is 0.226 e. The number of hydrogen-bond acceptors (Lipinski definition) is 3. The van der Waals surface area contributed by atoms with E-state index in [-0.39, 0.29) is 30.3 Å². The number of amides is 1. The van der Waals surface area contributed by atoms with Gasteiger partial charge in [0.15, 0.2) is 0 Å². The van der Waals surface area contributed by atoms with Crippen molar-refractivity contribution in [1.82, 2.24) is 10.6 Å². The van der Waals surface area contributed by atoms with E-state index in [0.717, 1.165) is 24.4 Å². The Balaban J connectivity index is 0.00000192. The van der Waals surface area contributed by atoms with Crippen LogP contribution in [0.4, 0.5) is 0 Å². The van der Waals surface area contributed by atoms with Gasteiger partial charge in [-0.1, -0.05) is 48.5 Å². The minimum atomic E-state index is -0.144. The van der Waals surface area contributed by atoms with E-state index in [9.17, 15) is 4.79 Å². The third-order valence-electron chi connectivity index (χ3n) is 3.83. The van der Waals surface area contributed by atoms with Crippen molar-refractivity contribution >= 4 is 18.3 Å². The van der Waals surface area contributed by atoms with Crippen LogP contribution in [0.2, 0.25) is 0 Å². The molecule has 4 nitrogen and oxygen atoms in total. The molecule has 1 heterocycles. The number of benzene rings is 2. The molecule has 1 fully saturated rings. The number of carbonyl (C=O) groups excluding carboxylic acids is 1. The van der Waals surface area contributed by atoms with Crippen LogP contribution in [-0.4, -0.2) is 25.6 Å². The number of ether oxygens (including phenoxy) is 1. The molecule has 1 amide bonds. The Labute approximate surface area is 142 Å². The van der Waals surface area contributed by atoms with Gasteiger partial charge in [0.1, 0.15) is 12.4 Å². The summed E-state index contributed by atoms with van der Waals surface area (Å²) in [7, 11) is 0. The van der Waals surface area contributed by atoms with E-state index >= 15 is 0 Å². The summed E-state index contributed by atoms with van der Waals surface area (Å²) in [6.07, 6.45) is 0. The number of nitrogens with one attached hydrogen (secondary N) is 2. The average Bonchev–Trinajstić information content (AvgIpc) is 2.51. The predicted octanol–water partition coefficient (Wildman–Crippen LogP) is 2.56. The highest BCUT2D eigenvalue weighted by Crippen LogP contribution is 2.17. The molecular formula is C18H21ClN2O2. The Morgan fingerprint density at radius 3 is 2.26 bits per heavy atom. The van der Waals surface area contributed by atoms with Gasteiger partial charge in [-0.3, -0.25) is 4.79 Å². The molecule has 1 aliphatic rings. The third-order valence-corrected chi connectivity index (χ3v) is 3.83. The smallest absolute Gasteiger partial charge is 0.226 e. The predicted molar refractivity (Wildman–Crippen MR) is 92.9 cm³/mol. The van der Waals surface area contributed by atoms with E-state index in [1.807, 2.05) is 60.7 Å². The number of hydrogen-bond donors (Lipinski definition) is 2. The molecule has 2 N–H and O–H groups in total. The second-order valence-electron chi connectivity index (χ2n) is 5.45. The van der Waals surface area contributed by atoms with Crippen molar-refractivity contribution in [2.45, 2.75) is 6.04 Å². The standard InChI is InChI=1S/C18H20N2O2.ClH/c21-18(15-11-19-12-15)20-17(14-7-3-1-4-8-14)13-22-16-9-5-2-6-10-16;/h1-10,15,17,19H,11-13H2,(H,20,21);1H. The van der Waals surface area contributed by atoms with Crippen molar-refractivity contribution in [1.29, 1.82) is 0 Å². The van der Waals surface area contributed by atoms with Crippen molar-refractivity contribution in [3.05, 3.63) is 66.2 Å². The number of halogens is 1. The van der Waals surface area contributed by atoms with E-state index < -0.39 is 0 Å². The normalized spacial score (nSPS) is 15.0. The van der Waals surface area contributed by atoms with Gasteiger partial charge in [0, 0.05) is 13.1 Å². The van der Waals surface area contributed by atoms with E-state index in [2.05, 4.69) is 10.6 Å². The van der Waals surface area contributed by atoms with Gasteiger partial charge in [0.2, 0.25) is 5.91 Å². The van der Waals surface area contributed by atoms with Crippen LogP contribution in [0.5, 0.6) is 5.75 Å². The maximum absolute atomic E-state index is 12.2. The zero-order valence-corrected chi connectivity index (χ0v) is 13.6. The molecule has 0 aliphatic carbocycles. The fraction of sp³-hybridized carbons (Fsp3) is 0.278. The molecule has 1 saturated heterocycles. The Kier molecular flexibility index (Phi) is 6.44. The van der Waals surface area contributed by atoms with Crippen LogP contribution < -0.4 is 15.4 Å². The first-order chi connectivity index (χ1) is 10.8. The van der Waals surface area contributed by atoms with Gasteiger partial charge in [-0.15, -0.1) is 12.4 Å². The first-order valence-electron chi connectivity index (χ1n) is 7.57. The molecule has 2 aromatic carbocycles. The molecule has 2 aromatic rings. The number of para-hydroxylation sites is 1. The molecular weight excluding hydrogens is 312 g/mol. The number of carbonyl (C=O) groups is 1. The fourth-order valence-electron chi connectivity index (χ4n) is 2.37. The Hall–Kier alpha value is -2.04. The van der Waals surface area contributed by atoms with Gasteiger partial charge in [-0.05, 0) is 17.7 Å². The topological polar surface area (TPSA) is 50.4 Å². The Morgan fingerprint density at radius 1 is 1.09 bits per heavy atom. The number of rotatable bonds is 6. The van der Waals surface area contributed by atoms with Crippen LogP contribution in [0.15, 0.2) is 60.7 Å². The maximum atomic E-state index is 12.2. The lowest BCUT2D eigenvalue weighted by molar-refractivity contribution is -0.127. The SMILES string of the molecule is Cl.O=C(NC(COc1ccccc1)c1ccccc1)C1CNC1. The zero-order chi connectivity index (χ0) is 15.2. The molecule has 23 heavy (non-hydrogen) atoms. The molecule has 5 heteroatoms. The quantitative estimate of drug-likeness (QED) is 0.854. The van der Waals surface area contributed by atoms with Crippen molar-refractivity contribution < 1.29 is 9.53 Å². The van der Waals surface area contributed by atoms with Crippen molar-refractivity contribution in [2.24, 2.45) is 5.92 Å². The zero-order valence-electron chi connectivity index (χ0n) is 12.8. The molecule has 1 unspecified atom stereocenters. The van der Waals surface area contributed by atoms with Crippen LogP contribution >= 0.6 is 12.4 Å². The lowest BCUT2D eigenvalue weighted by Crippen LogP contribution is -2.51. The summed E-state index contributed by atoms with van der Waals surface area (Å²) in [6, 6.07) is 19.5. The summed E-state index contributed by atoms with van der Waals surface area (Å²) >= 11 is 0. The van der Waals surface area contributed by atoms with Crippen LogP contribution in [-0.2, 0) is 4.79 Å². The van der Waals surface area contributed by atoms with Gasteiger partial charge in [-0.25, -0.2) is 0 Å². The summed E-state index contributed by atoms with van der Waals surface area (Å²) in [5.41, 5.74) is 1.05. The van der Waals surface area contributed by atoms with Crippen LogP contribution in [0, 0.1) is 5.92 Å². The molecule has 0 saturated carbocycles. The minimum absolute atomic E-state index is 0. The van der Waals surface area contributed by atoms with Crippen LogP contribution in [0.25, 0.3) is 0 Å². The van der Waals surface area contributed by atoms with Gasteiger partial charge in [-0.2, -0.15) is 0 Å². The second kappa shape index (κ2) is 8.56. The molecule has 3 rings (SSSR count). The fourth-order valence-corrected chi connectivity index (χ4v) is 2.37. The molecule has 0 radical (unpaired) electrons. The highest BCUT2D eigenvalue weighted by Gasteiger charge is 2.27. The lowest BCUT2D eigenvalue weighted by atomic mass is 10.0. The van der Waals surface area contributed by atoms with E-state index in [4.69, 9.17) is 4.74 Å². The minimum Gasteiger partial charge on any atom is -0.491 e. The van der Waals surface area contributed by atoms with Gasteiger partial charge in [0.25, 0.3) is 0 Å². The van der Waals surface area contributed by atoms with Crippen LogP contribution in [0.3, 0.4) is 0 Å². The second-order valence-corrected chi connectivity index (χ2v) is 5.45. The average molecular weight is 333 g/mol. The summed E-state index contributed by atoms with van der Waals surface area (Å²) in [6.45, 7) is 1.93. The summed E-state index contributed by atoms with van der Waals surface area (Å²) in [5, 5.41) is 6.22. The van der Waals surface area contributed by atoms with E-state index in [1.165, 1.54) is 0 Å². The van der Waals surface area contributed by atoms with Crippen molar-refractivity contribution in [3.8, 4) is 5.75 Å². The summed E-state index contributed by atoms with van der Waals surface area (Å²) < 4.78 is 5.82. The molecule has 122 valence electrons. The molecule has 1 atom stereocenters. The monoisotopic (exact) mass is 332 g/mol. The van der Waals surface area contributed by atoms with Crippen molar-refractivity contribution in [2.75, 3.05) is 19.7 Å². The summed E-state index contributed by atoms with van der Waals surface area (Å²) in [5.74, 6) is 0.968. The lowest BCUT2D eigenvalue weighted by Gasteiger charge is -2.28. The molecule has 1 aliphatic heterocycles.